The number of carbonyl (C=O) groups excluding carboxylic acids is 2. The molecule has 19 heavy (non-hydrogen) atoms. The van der Waals surface area contributed by atoms with E-state index in [0.717, 1.165) is 17.4 Å². The molecule has 0 fully saturated rings. The van der Waals surface area contributed by atoms with Gasteiger partial charge < -0.3 is 0 Å². The highest BCUT2D eigenvalue weighted by molar-refractivity contribution is 7.88. The van der Waals surface area contributed by atoms with Crippen LogP contribution in [-0.2, 0) is 10.0 Å². The molecule has 0 atom stereocenters. The van der Waals surface area contributed by atoms with Crippen LogP contribution >= 0.6 is 0 Å². The van der Waals surface area contributed by atoms with Crippen LogP contribution in [-0.4, -0.2) is 44.1 Å². The summed E-state index contributed by atoms with van der Waals surface area (Å²) in [5.74, 6) is -0.821. The minimum Gasteiger partial charge on any atom is -0.269 e. The first-order chi connectivity index (χ1) is 8.90. The summed E-state index contributed by atoms with van der Waals surface area (Å²) in [5.41, 5.74) is 0.689. The Morgan fingerprint density at radius 1 is 1.21 bits per heavy atom. The molecule has 0 saturated heterocycles. The Morgan fingerprint density at radius 2 is 1.74 bits per heavy atom. The molecule has 8 heteroatoms. The Hall–Kier alpha value is -2.22. The van der Waals surface area contributed by atoms with E-state index in [1.807, 2.05) is 4.83 Å². The normalized spacial score (nSPS) is 15.1. The van der Waals surface area contributed by atoms with Crippen LogP contribution in [0.4, 0.5) is 0 Å². The first-order valence-corrected chi connectivity index (χ1v) is 7.23. The number of nitrogens with one attached hydrogen (secondary N) is 1. The Balaban J connectivity index is 2.09. The molecule has 0 spiro atoms. The van der Waals surface area contributed by atoms with Gasteiger partial charge in [-0.2, -0.15) is 5.10 Å². The van der Waals surface area contributed by atoms with Gasteiger partial charge in [-0.1, -0.05) is 12.1 Å². The second-order valence-corrected chi connectivity index (χ2v) is 5.67. The van der Waals surface area contributed by atoms with Crippen LogP contribution in [0.5, 0.6) is 0 Å². The summed E-state index contributed by atoms with van der Waals surface area (Å²) in [4.78, 5) is 26.7. The van der Waals surface area contributed by atoms with Crippen molar-refractivity contribution in [2.45, 2.75) is 0 Å². The number of nitrogens with zero attached hydrogens (tertiary/aromatic N) is 2. The van der Waals surface area contributed by atoms with Crippen molar-refractivity contribution >= 4 is 28.1 Å². The van der Waals surface area contributed by atoms with E-state index in [1.165, 1.54) is 0 Å². The number of hydrazone groups is 1. The van der Waals surface area contributed by atoms with E-state index in [0.29, 0.717) is 11.1 Å². The fraction of sp³-hybridized carbons (Fsp3) is 0.182. The molecule has 1 N–H and O–H groups in total. The van der Waals surface area contributed by atoms with Crippen LogP contribution in [0, 0.1) is 0 Å². The second kappa shape index (κ2) is 4.81. The third kappa shape index (κ3) is 2.79. The molecule has 0 unspecified atom stereocenters. The third-order valence-corrected chi connectivity index (χ3v) is 2.89. The van der Waals surface area contributed by atoms with Crippen LogP contribution in [0.3, 0.4) is 0 Å². The van der Waals surface area contributed by atoms with E-state index >= 15 is 0 Å². The van der Waals surface area contributed by atoms with Crippen LogP contribution in [0.2, 0.25) is 0 Å². The van der Waals surface area contributed by atoms with Crippen molar-refractivity contribution < 1.29 is 18.0 Å². The van der Waals surface area contributed by atoms with E-state index in [2.05, 4.69) is 5.10 Å². The van der Waals surface area contributed by atoms with Crippen molar-refractivity contribution in [1.82, 2.24) is 9.73 Å². The minimum absolute atomic E-state index is 0.0884. The smallest absolute Gasteiger partial charge is 0.261 e. The van der Waals surface area contributed by atoms with E-state index in [4.69, 9.17) is 0 Å². The Labute approximate surface area is 110 Å². The van der Waals surface area contributed by atoms with Gasteiger partial charge in [0.25, 0.3) is 11.8 Å². The van der Waals surface area contributed by atoms with Gasteiger partial charge >= 0.3 is 0 Å². The van der Waals surface area contributed by atoms with Crippen LogP contribution in [0.15, 0.2) is 29.4 Å². The predicted octanol–water partition coefficient (Wildman–Crippen LogP) is -0.182. The molecule has 1 heterocycles. The van der Waals surface area contributed by atoms with Crippen molar-refractivity contribution in [3.05, 3.63) is 35.4 Å². The first kappa shape index (κ1) is 13.2. The van der Waals surface area contributed by atoms with Crippen molar-refractivity contribution in [2.24, 2.45) is 5.10 Å². The number of sulfonamides is 1. The molecule has 0 saturated carbocycles. The number of hydrogen-bond acceptors (Lipinski definition) is 5. The van der Waals surface area contributed by atoms with Gasteiger partial charge in [-0.15, -0.1) is 0 Å². The predicted molar refractivity (Wildman–Crippen MR) is 68.3 cm³/mol. The highest BCUT2D eigenvalue weighted by Gasteiger charge is 2.34. The molecule has 1 aromatic carbocycles. The highest BCUT2D eigenvalue weighted by atomic mass is 32.2. The monoisotopic (exact) mass is 281 g/mol. The van der Waals surface area contributed by atoms with Crippen molar-refractivity contribution in [2.75, 3.05) is 12.8 Å². The maximum atomic E-state index is 11.9. The lowest BCUT2D eigenvalue weighted by atomic mass is 10.1. The van der Waals surface area contributed by atoms with Crippen LogP contribution in [0.1, 0.15) is 20.7 Å². The maximum absolute atomic E-state index is 11.9. The summed E-state index contributed by atoms with van der Waals surface area (Å²) in [6, 6.07) is 6.49. The molecule has 100 valence electrons. The van der Waals surface area contributed by atoms with Crippen molar-refractivity contribution in [3.8, 4) is 0 Å². The molecule has 1 aliphatic heterocycles. The molecule has 2 rings (SSSR count). The van der Waals surface area contributed by atoms with E-state index in [9.17, 15) is 18.0 Å². The molecule has 1 aliphatic rings. The number of hydrogen-bond donors (Lipinski definition) is 1. The average Bonchev–Trinajstić information content (AvgIpc) is 2.58. The quantitative estimate of drug-likeness (QED) is 0.470. The van der Waals surface area contributed by atoms with E-state index in [1.54, 1.807) is 24.3 Å². The zero-order valence-electron chi connectivity index (χ0n) is 10.0. The summed E-state index contributed by atoms with van der Waals surface area (Å²) in [6.07, 6.45) is 2.11. The van der Waals surface area contributed by atoms with Gasteiger partial charge in [0, 0.05) is 6.21 Å². The first-order valence-electron chi connectivity index (χ1n) is 5.33. The van der Waals surface area contributed by atoms with E-state index in [-0.39, 0.29) is 6.54 Å². The fourth-order valence-electron chi connectivity index (χ4n) is 1.66. The maximum Gasteiger partial charge on any atom is 0.261 e. The van der Waals surface area contributed by atoms with Gasteiger partial charge in [0.1, 0.15) is 0 Å². The third-order valence-electron chi connectivity index (χ3n) is 2.45. The molecule has 7 nitrogen and oxygen atoms in total. The van der Waals surface area contributed by atoms with Gasteiger partial charge in [0.15, 0.2) is 0 Å². The lowest BCUT2D eigenvalue weighted by Crippen LogP contribution is -2.32. The lowest BCUT2D eigenvalue weighted by Gasteiger charge is -2.09. The van der Waals surface area contributed by atoms with Crippen molar-refractivity contribution in [1.29, 1.82) is 0 Å². The molecule has 2 amide bonds. The Kier molecular flexibility index (Phi) is 3.34. The summed E-state index contributed by atoms with van der Waals surface area (Å²) < 4.78 is 21.5. The molecule has 0 aromatic heterocycles. The van der Waals surface area contributed by atoms with Crippen LogP contribution < -0.4 is 4.83 Å². The number of fused-ring (bicyclic) bond motifs is 1. The van der Waals surface area contributed by atoms with Crippen LogP contribution in [0.25, 0.3) is 0 Å². The average molecular weight is 281 g/mol. The standard InChI is InChI=1S/C11H11N3O4S/c1-19(17,18)13-12-6-7-14-10(15)8-4-2-3-5-9(8)11(14)16/h2-6,13H,7H2,1H3/b12-6+. The fourth-order valence-corrected chi connectivity index (χ4v) is 1.93. The zero-order valence-corrected chi connectivity index (χ0v) is 10.8. The lowest BCUT2D eigenvalue weighted by molar-refractivity contribution is 0.0679. The molecule has 0 aliphatic carbocycles. The number of rotatable bonds is 4. The number of benzene rings is 1. The van der Waals surface area contributed by atoms with Gasteiger partial charge in [0.05, 0.1) is 23.9 Å². The molecular weight excluding hydrogens is 270 g/mol. The van der Waals surface area contributed by atoms with Gasteiger partial charge in [-0.3, -0.25) is 14.5 Å². The summed E-state index contributed by atoms with van der Waals surface area (Å²) in [5, 5.41) is 3.43. The molecule has 1 aromatic rings. The molecular formula is C11H11N3O4S. The van der Waals surface area contributed by atoms with Gasteiger partial charge in [-0.25, -0.2) is 13.2 Å². The minimum atomic E-state index is -3.44. The summed E-state index contributed by atoms with van der Waals surface area (Å²) in [7, 11) is -3.44. The summed E-state index contributed by atoms with van der Waals surface area (Å²) in [6.45, 7) is -0.0884. The van der Waals surface area contributed by atoms with Gasteiger partial charge in [0.2, 0.25) is 10.0 Å². The zero-order chi connectivity index (χ0) is 14.0. The summed E-state index contributed by atoms with van der Waals surface area (Å²) >= 11 is 0. The molecule has 0 bridgehead atoms. The largest absolute Gasteiger partial charge is 0.269 e. The number of amides is 2. The topological polar surface area (TPSA) is 95.9 Å². The Morgan fingerprint density at radius 3 is 2.21 bits per heavy atom. The Bertz CT molecular complexity index is 631. The number of imide groups is 1. The highest BCUT2D eigenvalue weighted by Crippen LogP contribution is 2.21. The van der Waals surface area contributed by atoms with E-state index < -0.39 is 21.8 Å². The van der Waals surface area contributed by atoms with Gasteiger partial charge in [-0.05, 0) is 12.1 Å². The molecule has 0 radical (unpaired) electrons. The SMILES string of the molecule is CS(=O)(=O)N/N=C/CN1C(=O)c2ccccc2C1=O. The number of carbonyl (C=O) groups is 2. The second-order valence-electron chi connectivity index (χ2n) is 3.94. The van der Waals surface area contributed by atoms with Crippen molar-refractivity contribution in [3.63, 3.8) is 0 Å².